The van der Waals surface area contributed by atoms with Crippen molar-refractivity contribution in [3.8, 4) is 33.4 Å². The third-order valence-corrected chi connectivity index (χ3v) is 9.91. The molecule has 0 aliphatic heterocycles. The Balaban J connectivity index is 1.17. The van der Waals surface area contributed by atoms with E-state index in [0.717, 1.165) is 72.1 Å². The Hall–Kier alpha value is -6.84. The van der Waals surface area contributed by atoms with Crippen LogP contribution in [0, 0.1) is 0 Å². The van der Waals surface area contributed by atoms with Gasteiger partial charge in [0, 0.05) is 38.7 Å². The second-order valence-electron chi connectivity index (χ2n) is 12.9. The average Bonchev–Trinajstić information content (AvgIpc) is 3.78. The quantitative estimate of drug-likeness (QED) is 0.179. The number of rotatable bonds is 6. The number of furan rings is 2. The molecule has 3 nitrogen and oxygen atoms in total. The van der Waals surface area contributed by atoms with E-state index in [2.05, 4.69) is 175 Å². The van der Waals surface area contributed by atoms with E-state index in [4.69, 9.17) is 8.83 Å². The van der Waals surface area contributed by atoms with Crippen LogP contribution in [0.1, 0.15) is 0 Å². The Morgan fingerprint density at radius 1 is 0.314 bits per heavy atom. The second-order valence-corrected chi connectivity index (χ2v) is 12.9. The molecule has 3 heteroatoms. The maximum Gasteiger partial charge on any atom is 0.147 e. The first-order valence-corrected chi connectivity index (χ1v) is 17.3. The van der Waals surface area contributed by atoms with Crippen LogP contribution in [0.25, 0.3) is 77.3 Å². The predicted octanol–water partition coefficient (Wildman–Crippen LogP) is 14.0. The highest BCUT2D eigenvalue weighted by molar-refractivity contribution is 6.23. The Kier molecular flexibility index (Phi) is 6.81. The molecule has 0 unspecified atom stereocenters. The minimum Gasteiger partial charge on any atom is -0.456 e. The van der Waals surface area contributed by atoms with E-state index in [9.17, 15) is 0 Å². The molecule has 0 bridgehead atoms. The second kappa shape index (κ2) is 11.9. The summed E-state index contributed by atoms with van der Waals surface area (Å²) < 4.78 is 13.1. The minimum absolute atomic E-state index is 0.828. The Bertz CT molecular complexity index is 2750. The van der Waals surface area contributed by atoms with Gasteiger partial charge in [0.05, 0.1) is 11.1 Å². The fourth-order valence-electron chi connectivity index (χ4n) is 7.47. The van der Waals surface area contributed by atoms with E-state index >= 15 is 0 Å². The lowest BCUT2D eigenvalue weighted by Crippen LogP contribution is -2.11. The normalized spacial score (nSPS) is 11.5. The lowest BCUT2D eigenvalue weighted by molar-refractivity contribution is 0.663. The highest BCUT2D eigenvalue weighted by Gasteiger charge is 2.22. The molecule has 10 rings (SSSR count). The first kappa shape index (κ1) is 29.1. The molecule has 2 heterocycles. The molecule has 0 radical (unpaired) electrons. The van der Waals surface area contributed by atoms with Crippen molar-refractivity contribution in [3.63, 3.8) is 0 Å². The number of nitrogens with zero attached hydrogens (tertiary/aromatic N) is 1. The smallest absolute Gasteiger partial charge is 0.147 e. The van der Waals surface area contributed by atoms with Crippen molar-refractivity contribution in [1.29, 1.82) is 0 Å². The van der Waals surface area contributed by atoms with Gasteiger partial charge in [-0.2, -0.15) is 0 Å². The molecule has 0 saturated heterocycles. The lowest BCUT2D eigenvalue weighted by atomic mass is 9.98. The monoisotopic (exact) mass is 653 g/mol. The largest absolute Gasteiger partial charge is 0.456 e. The number of hydrogen-bond acceptors (Lipinski definition) is 3. The van der Waals surface area contributed by atoms with Crippen molar-refractivity contribution >= 4 is 60.9 Å². The molecule has 2 aromatic heterocycles. The summed E-state index contributed by atoms with van der Waals surface area (Å²) in [5.41, 5.74) is 13.4. The molecule has 0 fully saturated rings. The average molecular weight is 654 g/mol. The summed E-state index contributed by atoms with van der Waals surface area (Å²) in [7, 11) is 0. The lowest BCUT2D eigenvalue weighted by Gasteiger charge is -2.28. The van der Waals surface area contributed by atoms with Crippen LogP contribution in [0.3, 0.4) is 0 Å². The van der Waals surface area contributed by atoms with Gasteiger partial charge in [-0.05, 0) is 70.8 Å². The number of para-hydroxylation sites is 3. The zero-order valence-corrected chi connectivity index (χ0v) is 27.7. The van der Waals surface area contributed by atoms with Crippen LogP contribution in [0.5, 0.6) is 0 Å². The van der Waals surface area contributed by atoms with Crippen LogP contribution in [-0.2, 0) is 0 Å². The Morgan fingerprint density at radius 3 is 1.53 bits per heavy atom. The molecule has 240 valence electrons. The molecule has 0 spiro atoms. The molecule has 10 aromatic rings. The molecule has 0 amide bonds. The van der Waals surface area contributed by atoms with Crippen LogP contribution in [0.4, 0.5) is 17.1 Å². The van der Waals surface area contributed by atoms with Crippen molar-refractivity contribution in [3.05, 3.63) is 188 Å². The van der Waals surface area contributed by atoms with Crippen LogP contribution in [0.2, 0.25) is 0 Å². The van der Waals surface area contributed by atoms with Gasteiger partial charge < -0.3 is 13.7 Å². The molecule has 0 aliphatic rings. The molecule has 51 heavy (non-hydrogen) atoms. The SMILES string of the molecule is c1ccc(-c2ccc(N(c3ccc(-c4ccccc4)cc3)c3ccccc3-c3cccc4c3oc3c4ccc4oc5ccccc5c43)cc2)cc1. The van der Waals surface area contributed by atoms with Crippen molar-refractivity contribution in [2.75, 3.05) is 4.90 Å². The van der Waals surface area contributed by atoms with E-state index in [0.29, 0.717) is 0 Å². The van der Waals surface area contributed by atoms with Crippen LogP contribution in [0.15, 0.2) is 197 Å². The maximum atomic E-state index is 6.91. The first-order valence-electron chi connectivity index (χ1n) is 17.3. The number of anilines is 3. The van der Waals surface area contributed by atoms with E-state index in [1.54, 1.807) is 0 Å². The highest BCUT2D eigenvalue weighted by Crippen LogP contribution is 2.46. The van der Waals surface area contributed by atoms with Crippen LogP contribution in [-0.4, -0.2) is 0 Å². The summed E-state index contributed by atoms with van der Waals surface area (Å²) in [6.45, 7) is 0. The number of benzene rings is 8. The van der Waals surface area contributed by atoms with Crippen LogP contribution < -0.4 is 4.90 Å². The van der Waals surface area contributed by atoms with Gasteiger partial charge in [0.1, 0.15) is 22.3 Å². The molecular weight excluding hydrogens is 623 g/mol. The van der Waals surface area contributed by atoms with Crippen molar-refractivity contribution in [2.45, 2.75) is 0 Å². The third kappa shape index (κ3) is 4.90. The summed E-state index contributed by atoms with van der Waals surface area (Å²) in [5, 5.41) is 4.23. The highest BCUT2D eigenvalue weighted by atomic mass is 16.3. The van der Waals surface area contributed by atoms with Gasteiger partial charge in [-0.3, -0.25) is 0 Å². The van der Waals surface area contributed by atoms with Gasteiger partial charge in [0.15, 0.2) is 0 Å². The van der Waals surface area contributed by atoms with Crippen molar-refractivity contribution in [1.82, 2.24) is 0 Å². The van der Waals surface area contributed by atoms with E-state index in [-0.39, 0.29) is 0 Å². The Labute approximate surface area is 295 Å². The molecule has 8 aromatic carbocycles. The van der Waals surface area contributed by atoms with Gasteiger partial charge in [-0.15, -0.1) is 0 Å². The van der Waals surface area contributed by atoms with E-state index in [1.165, 1.54) is 22.3 Å². The first-order chi connectivity index (χ1) is 25.3. The minimum atomic E-state index is 0.828. The summed E-state index contributed by atoms with van der Waals surface area (Å²) in [6.07, 6.45) is 0. The van der Waals surface area contributed by atoms with Gasteiger partial charge in [-0.1, -0.05) is 140 Å². The number of hydrogen-bond donors (Lipinski definition) is 0. The predicted molar refractivity (Wildman–Crippen MR) is 212 cm³/mol. The summed E-state index contributed by atoms with van der Waals surface area (Å²) >= 11 is 0. The fourth-order valence-corrected chi connectivity index (χ4v) is 7.47. The van der Waals surface area contributed by atoms with Gasteiger partial charge in [-0.25, -0.2) is 0 Å². The van der Waals surface area contributed by atoms with Gasteiger partial charge >= 0.3 is 0 Å². The van der Waals surface area contributed by atoms with Gasteiger partial charge in [0.25, 0.3) is 0 Å². The fraction of sp³-hybridized carbons (Fsp3) is 0. The zero-order chi connectivity index (χ0) is 33.7. The Morgan fingerprint density at radius 2 is 0.843 bits per heavy atom. The summed E-state index contributed by atoms with van der Waals surface area (Å²) in [4.78, 5) is 2.35. The standard InChI is InChI=1S/C48H31NO2/c1-3-12-32(13-4-1)34-22-26-36(27-23-34)49(37-28-24-35(25-29-37)33-14-5-2-6-15-33)43-20-9-7-16-38(43)39-18-11-19-40-41-30-31-45-46(48(41)51-47(39)40)42-17-8-10-21-44(42)50-45/h1-31H. The maximum absolute atomic E-state index is 6.91. The van der Waals surface area contributed by atoms with Crippen LogP contribution >= 0.6 is 0 Å². The molecule has 0 aliphatic carbocycles. The third-order valence-electron chi connectivity index (χ3n) is 9.91. The molecule has 0 saturated carbocycles. The summed E-state index contributed by atoms with van der Waals surface area (Å²) in [5.74, 6) is 0. The van der Waals surface area contributed by atoms with Gasteiger partial charge in [0.2, 0.25) is 0 Å². The van der Waals surface area contributed by atoms with E-state index in [1.807, 2.05) is 18.2 Å². The zero-order valence-electron chi connectivity index (χ0n) is 27.7. The topological polar surface area (TPSA) is 29.5 Å². The number of fused-ring (bicyclic) bond motifs is 7. The van der Waals surface area contributed by atoms with Crippen molar-refractivity contribution in [2.24, 2.45) is 0 Å². The van der Waals surface area contributed by atoms with Crippen molar-refractivity contribution < 1.29 is 8.83 Å². The van der Waals surface area contributed by atoms with E-state index < -0.39 is 0 Å². The molecular formula is C48H31NO2. The molecule has 0 N–H and O–H groups in total. The molecule has 0 atom stereocenters. The summed E-state index contributed by atoms with van der Waals surface area (Å²) in [6, 6.07) is 66.2.